The molecule has 0 N–H and O–H groups in total. The number of benzene rings is 1. The van der Waals surface area contributed by atoms with Gasteiger partial charge in [0.1, 0.15) is 0 Å². The van der Waals surface area contributed by atoms with Crippen molar-refractivity contribution in [1.29, 1.82) is 0 Å². The minimum atomic E-state index is -4.42. The molecule has 2 unspecified atom stereocenters. The van der Waals surface area contributed by atoms with Crippen molar-refractivity contribution >= 4 is 5.57 Å². The Hall–Kier alpha value is -2.45. The third kappa shape index (κ3) is 4.75. The van der Waals surface area contributed by atoms with E-state index in [0.29, 0.717) is 24.5 Å². The minimum absolute atomic E-state index is 0.0963. The predicted molar refractivity (Wildman–Crippen MR) is 111 cm³/mol. The van der Waals surface area contributed by atoms with Crippen molar-refractivity contribution in [1.82, 2.24) is 15.0 Å². The molecule has 2 atom stereocenters. The lowest BCUT2D eigenvalue weighted by Gasteiger charge is -2.41. The third-order valence-corrected chi connectivity index (χ3v) is 5.98. The molecule has 0 amide bonds. The van der Waals surface area contributed by atoms with Gasteiger partial charge in [0, 0.05) is 30.3 Å². The fourth-order valence-corrected chi connectivity index (χ4v) is 4.43. The number of hydrogen-bond acceptors (Lipinski definition) is 5. The Morgan fingerprint density at radius 2 is 2.10 bits per heavy atom. The molecule has 1 aliphatic heterocycles. The summed E-state index contributed by atoms with van der Waals surface area (Å²) in [5, 5.41) is 3.98. The zero-order valence-electron chi connectivity index (χ0n) is 17.7. The Kier molecular flexibility index (Phi) is 6.29. The summed E-state index contributed by atoms with van der Waals surface area (Å²) in [6.45, 7) is 3.14. The summed E-state index contributed by atoms with van der Waals surface area (Å²) in [6, 6.07) is 6.93. The number of piperidine rings is 1. The second-order valence-electron chi connectivity index (χ2n) is 8.15. The molecule has 8 heteroatoms. The lowest BCUT2D eigenvalue weighted by atomic mass is 9.89. The van der Waals surface area contributed by atoms with Crippen LogP contribution in [0.15, 0.2) is 46.5 Å². The molecule has 0 saturated carbocycles. The second kappa shape index (κ2) is 8.96. The number of hydrogen-bond donors (Lipinski definition) is 0. The van der Waals surface area contributed by atoms with Crippen LogP contribution in [0.5, 0.6) is 0 Å². The maximum Gasteiger partial charge on any atom is 0.414 e. The first-order valence-electron chi connectivity index (χ1n) is 10.5. The largest absolute Gasteiger partial charge is 0.414 e. The van der Waals surface area contributed by atoms with Gasteiger partial charge < -0.3 is 9.26 Å². The number of allylic oxidation sites excluding steroid dienone is 2. The summed E-state index contributed by atoms with van der Waals surface area (Å²) in [7, 11) is 1.61. The molecule has 1 aliphatic carbocycles. The first-order chi connectivity index (χ1) is 14.9. The van der Waals surface area contributed by atoms with Crippen molar-refractivity contribution in [2.75, 3.05) is 13.7 Å². The zero-order chi connectivity index (χ0) is 22.0. The van der Waals surface area contributed by atoms with Gasteiger partial charge in [-0.1, -0.05) is 35.9 Å². The van der Waals surface area contributed by atoms with Crippen LogP contribution < -0.4 is 0 Å². The first-order valence-corrected chi connectivity index (χ1v) is 10.5. The zero-order valence-corrected chi connectivity index (χ0v) is 17.7. The van der Waals surface area contributed by atoms with Crippen LogP contribution in [0.1, 0.15) is 44.1 Å². The number of halogens is 3. The highest BCUT2D eigenvalue weighted by molar-refractivity contribution is 5.72. The molecule has 31 heavy (non-hydrogen) atoms. The topological polar surface area (TPSA) is 51.4 Å². The molecule has 0 bridgehead atoms. The Balaban J connectivity index is 1.61. The lowest BCUT2D eigenvalue weighted by molar-refractivity contribution is -0.104. The summed E-state index contributed by atoms with van der Waals surface area (Å²) in [5.74, 6) is 0.432. The Morgan fingerprint density at radius 1 is 1.26 bits per heavy atom. The monoisotopic (exact) mass is 433 g/mol. The Morgan fingerprint density at radius 3 is 2.84 bits per heavy atom. The molecule has 1 aromatic carbocycles. The van der Waals surface area contributed by atoms with E-state index in [1.54, 1.807) is 13.2 Å². The van der Waals surface area contributed by atoms with Gasteiger partial charge in [0.15, 0.2) is 0 Å². The molecule has 2 aromatic rings. The summed E-state index contributed by atoms with van der Waals surface area (Å²) < 4.78 is 52.3. The predicted octanol–water partition coefficient (Wildman–Crippen LogP) is 5.40. The van der Waals surface area contributed by atoms with Crippen LogP contribution >= 0.6 is 0 Å². The molecular weight excluding hydrogens is 407 g/mol. The average molecular weight is 433 g/mol. The van der Waals surface area contributed by atoms with Gasteiger partial charge >= 0.3 is 6.18 Å². The smallest absolute Gasteiger partial charge is 0.380 e. The molecule has 4 rings (SSSR count). The van der Waals surface area contributed by atoms with Crippen molar-refractivity contribution < 1.29 is 22.4 Å². The van der Waals surface area contributed by atoms with Crippen molar-refractivity contribution in [3.05, 3.63) is 53.4 Å². The average Bonchev–Trinajstić information content (AvgIpc) is 3.24. The summed E-state index contributed by atoms with van der Waals surface area (Å²) >= 11 is 0. The van der Waals surface area contributed by atoms with Crippen LogP contribution in [-0.2, 0) is 11.3 Å². The molecule has 1 saturated heterocycles. The first kappa shape index (κ1) is 21.8. The van der Waals surface area contributed by atoms with E-state index in [1.165, 1.54) is 6.08 Å². The van der Waals surface area contributed by atoms with Crippen molar-refractivity contribution in [3.8, 4) is 11.4 Å². The number of nitrogens with zero attached hydrogens (tertiary/aromatic N) is 3. The van der Waals surface area contributed by atoms with Crippen LogP contribution in [0.25, 0.3) is 17.0 Å². The quantitative estimate of drug-likeness (QED) is 0.632. The van der Waals surface area contributed by atoms with Gasteiger partial charge in [0.2, 0.25) is 5.82 Å². The van der Waals surface area contributed by atoms with E-state index in [2.05, 4.69) is 10.1 Å². The third-order valence-electron chi connectivity index (χ3n) is 5.98. The van der Waals surface area contributed by atoms with E-state index in [4.69, 9.17) is 9.26 Å². The van der Waals surface area contributed by atoms with Gasteiger partial charge in [-0.3, -0.25) is 4.90 Å². The normalized spacial score (nSPS) is 22.9. The minimum Gasteiger partial charge on any atom is -0.380 e. The summed E-state index contributed by atoms with van der Waals surface area (Å²) in [6.07, 6.45) is 1.72. The van der Waals surface area contributed by atoms with E-state index in [9.17, 15) is 13.2 Å². The molecular formula is C23H26F3N3O2. The molecule has 0 spiro atoms. The van der Waals surface area contributed by atoms with E-state index in [-0.39, 0.29) is 18.4 Å². The number of alkyl halides is 3. The molecule has 1 fully saturated rings. The van der Waals surface area contributed by atoms with E-state index in [1.807, 2.05) is 36.1 Å². The van der Waals surface area contributed by atoms with E-state index >= 15 is 0 Å². The van der Waals surface area contributed by atoms with Crippen molar-refractivity contribution in [2.45, 2.75) is 57.5 Å². The highest BCUT2D eigenvalue weighted by Gasteiger charge is 2.43. The molecule has 0 radical (unpaired) electrons. The number of methoxy groups -OCH3 is 1. The van der Waals surface area contributed by atoms with Gasteiger partial charge in [-0.15, -0.1) is 0 Å². The number of ether oxygens (including phenoxy) is 1. The van der Waals surface area contributed by atoms with Gasteiger partial charge in [-0.25, -0.2) is 0 Å². The maximum atomic E-state index is 13.9. The van der Waals surface area contributed by atoms with Gasteiger partial charge in [0.25, 0.3) is 5.89 Å². The van der Waals surface area contributed by atoms with E-state index < -0.39 is 17.8 Å². The standard InChI is InChI=1S/C23H26F3N3O2/c1-15-6-3-4-11-29(15)20-10-9-18(13-19(20)23(24,25)26)22-27-21(28-31-22)17-8-5-7-16(12-17)14-30-2/h5,7-9,12-13,15,20H,3-4,6,10-11,14H2,1-2H3. The Bertz CT molecular complexity index is 980. The summed E-state index contributed by atoms with van der Waals surface area (Å²) in [4.78, 5) is 6.34. The lowest BCUT2D eigenvalue weighted by Crippen LogP contribution is -2.48. The van der Waals surface area contributed by atoms with Gasteiger partial charge in [-0.05, 0) is 50.4 Å². The van der Waals surface area contributed by atoms with Crippen LogP contribution in [0.3, 0.4) is 0 Å². The number of rotatable bonds is 5. The summed E-state index contributed by atoms with van der Waals surface area (Å²) in [5.41, 5.74) is 1.45. The fraction of sp³-hybridized carbons (Fsp3) is 0.478. The van der Waals surface area contributed by atoms with Crippen molar-refractivity contribution in [2.24, 2.45) is 0 Å². The highest BCUT2D eigenvalue weighted by Crippen LogP contribution is 2.39. The highest BCUT2D eigenvalue weighted by atomic mass is 19.4. The number of likely N-dealkylation sites (tertiary alicyclic amines) is 1. The van der Waals surface area contributed by atoms with Crippen LogP contribution in [0, 0.1) is 0 Å². The molecule has 2 aliphatic rings. The molecule has 2 heterocycles. The second-order valence-corrected chi connectivity index (χ2v) is 8.15. The van der Waals surface area contributed by atoms with Gasteiger partial charge in [-0.2, -0.15) is 18.2 Å². The SMILES string of the molecule is COCc1cccc(-c2noc(C3=CCC(N4CCCCC4C)C(C(F)(F)F)=C3)n2)c1. The van der Waals surface area contributed by atoms with Crippen LogP contribution in [-0.4, -0.2) is 47.0 Å². The molecule has 1 aromatic heterocycles. The van der Waals surface area contributed by atoms with Gasteiger partial charge in [0.05, 0.1) is 12.2 Å². The van der Waals surface area contributed by atoms with Crippen LogP contribution in [0.4, 0.5) is 13.2 Å². The Labute approximate surface area is 179 Å². The number of aromatic nitrogens is 2. The van der Waals surface area contributed by atoms with Crippen molar-refractivity contribution in [3.63, 3.8) is 0 Å². The van der Waals surface area contributed by atoms with E-state index in [0.717, 1.165) is 30.4 Å². The van der Waals surface area contributed by atoms with Crippen LogP contribution in [0.2, 0.25) is 0 Å². The maximum absolute atomic E-state index is 13.9. The molecule has 5 nitrogen and oxygen atoms in total. The fourth-order valence-electron chi connectivity index (χ4n) is 4.43. The molecule has 166 valence electrons.